The zero-order chi connectivity index (χ0) is 15.2. The second kappa shape index (κ2) is 7.61. The Morgan fingerprint density at radius 1 is 1.35 bits per heavy atom. The molecule has 0 unspecified atom stereocenters. The molecule has 0 spiro atoms. The van der Waals surface area contributed by atoms with Crippen LogP contribution in [-0.4, -0.2) is 43.9 Å². The Balaban J connectivity index is 2.61. The van der Waals surface area contributed by atoms with Crippen LogP contribution in [0.25, 0.3) is 0 Å². The van der Waals surface area contributed by atoms with Crippen LogP contribution in [0.3, 0.4) is 0 Å². The van der Waals surface area contributed by atoms with Gasteiger partial charge in [-0.05, 0) is 31.2 Å². The fourth-order valence-corrected chi connectivity index (χ4v) is 1.89. The molecule has 0 amide bonds. The molecule has 0 aliphatic heterocycles. The number of likely N-dealkylation sites (N-methyl/N-ethyl adjacent to an activating group) is 1. The molecule has 0 heterocycles. The van der Waals surface area contributed by atoms with Crippen molar-refractivity contribution in [3.05, 3.63) is 35.4 Å². The Kier molecular flexibility index (Phi) is 6.45. The molecule has 0 radical (unpaired) electrons. The van der Waals surface area contributed by atoms with Gasteiger partial charge in [0.05, 0.1) is 11.7 Å². The summed E-state index contributed by atoms with van der Waals surface area (Å²) >= 11 is 0. The Morgan fingerprint density at radius 2 is 2.05 bits per heavy atom. The molecule has 1 rings (SSSR count). The largest absolute Gasteiger partial charge is 0.416 e. The van der Waals surface area contributed by atoms with Crippen molar-refractivity contribution in [1.82, 2.24) is 4.90 Å². The number of aliphatic hydroxyl groups excluding tert-OH is 1. The van der Waals surface area contributed by atoms with Crippen LogP contribution < -0.4 is 0 Å². The van der Waals surface area contributed by atoms with Gasteiger partial charge in [-0.25, -0.2) is 0 Å². The Labute approximate surface area is 117 Å². The molecule has 0 saturated heterocycles. The summed E-state index contributed by atoms with van der Waals surface area (Å²) in [6, 6.07) is 4.81. The number of aliphatic hydroxyl groups is 1. The molecular formula is C14H20F3NO2. The first-order chi connectivity index (χ1) is 9.34. The van der Waals surface area contributed by atoms with Crippen molar-refractivity contribution in [3.8, 4) is 0 Å². The number of benzene rings is 1. The van der Waals surface area contributed by atoms with Crippen LogP contribution in [0.1, 0.15) is 23.7 Å². The molecule has 1 atom stereocenters. The molecule has 0 aromatic heterocycles. The second-order valence-corrected chi connectivity index (χ2v) is 4.75. The number of rotatable bonds is 7. The highest BCUT2D eigenvalue weighted by Crippen LogP contribution is 2.30. The van der Waals surface area contributed by atoms with Crippen molar-refractivity contribution >= 4 is 0 Å². The lowest BCUT2D eigenvalue weighted by Crippen LogP contribution is -2.26. The Bertz CT molecular complexity index is 410. The third-order valence-electron chi connectivity index (χ3n) is 2.97. The van der Waals surface area contributed by atoms with Gasteiger partial charge in [0.1, 0.15) is 0 Å². The van der Waals surface area contributed by atoms with E-state index in [1.54, 1.807) is 7.11 Å². The van der Waals surface area contributed by atoms with E-state index in [2.05, 4.69) is 0 Å². The summed E-state index contributed by atoms with van der Waals surface area (Å²) in [4.78, 5) is 1.87. The average Bonchev–Trinajstić information content (AvgIpc) is 2.38. The lowest BCUT2D eigenvalue weighted by atomic mass is 10.1. The molecule has 0 saturated carbocycles. The summed E-state index contributed by atoms with van der Waals surface area (Å²) in [7, 11) is 3.42. The molecule has 1 N–H and O–H groups in total. The van der Waals surface area contributed by atoms with Gasteiger partial charge in [-0.3, -0.25) is 0 Å². The number of halogens is 3. The standard InChI is InChI=1S/C14H20F3NO2/c1-18(7-4-8-20-2)10-13(19)11-5-3-6-12(9-11)14(15,16)17/h3,5-6,9,13,19H,4,7-8,10H2,1-2H3/t13-/m0/s1. The quantitative estimate of drug-likeness (QED) is 0.784. The minimum Gasteiger partial charge on any atom is -0.387 e. The van der Waals surface area contributed by atoms with E-state index in [0.717, 1.165) is 18.6 Å². The molecule has 0 aliphatic carbocycles. The van der Waals surface area contributed by atoms with Crippen LogP contribution in [-0.2, 0) is 10.9 Å². The number of hydrogen-bond donors (Lipinski definition) is 1. The number of methoxy groups -OCH3 is 1. The first kappa shape index (κ1) is 16.9. The van der Waals surface area contributed by atoms with Crippen LogP contribution in [0.15, 0.2) is 24.3 Å². The normalized spacial score (nSPS) is 13.8. The van der Waals surface area contributed by atoms with Crippen LogP contribution >= 0.6 is 0 Å². The maximum absolute atomic E-state index is 12.6. The molecule has 20 heavy (non-hydrogen) atoms. The fraction of sp³-hybridized carbons (Fsp3) is 0.571. The monoisotopic (exact) mass is 291 g/mol. The molecule has 0 bridgehead atoms. The zero-order valence-corrected chi connectivity index (χ0v) is 11.7. The van der Waals surface area contributed by atoms with Crippen molar-refractivity contribution in [3.63, 3.8) is 0 Å². The highest BCUT2D eigenvalue weighted by molar-refractivity contribution is 5.27. The molecule has 114 valence electrons. The van der Waals surface area contributed by atoms with Gasteiger partial charge in [-0.1, -0.05) is 12.1 Å². The van der Waals surface area contributed by atoms with E-state index in [0.29, 0.717) is 13.2 Å². The van der Waals surface area contributed by atoms with E-state index < -0.39 is 17.8 Å². The highest BCUT2D eigenvalue weighted by atomic mass is 19.4. The second-order valence-electron chi connectivity index (χ2n) is 4.75. The van der Waals surface area contributed by atoms with Gasteiger partial charge in [0.25, 0.3) is 0 Å². The van der Waals surface area contributed by atoms with Crippen molar-refractivity contribution < 1.29 is 23.0 Å². The van der Waals surface area contributed by atoms with E-state index in [-0.39, 0.29) is 12.1 Å². The molecule has 0 fully saturated rings. The Hall–Kier alpha value is -1.11. The fourth-order valence-electron chi connectivity index (χ4n) is 1.89. The summed E-state index contributed by atoms with van der Waals surface area (Å²) in [6.07, 6.45) is -4.52. The van der Waals surface area contributed by atoms with E-state index in [4.69, 9.17) is 4.74 Å². The van der Waals surface area contributed by atoms with Gasteiger partial charge in [0, 0.05) is 26.8 Å². The summed E-state index contributed by atoms with van der Waals surface area (Å²) in [5.74, 6) is 0. The number of ether oxygens (including phenoxy) is 1. The smallest absolute Gasteiger partial charge is 0.387 e. The van der Waals surface area contributed by atoms with E-state index in [1.165, 1.54) is 12.1 Å². The van der Waals surface area contributed by atoms with Gasteiger partial charge < -0.3 is 14.7 Å². The zero-order valence-electron chi connectivity index (χ0n) is 11.7. The van der Waals surface area contributed by atoms with Gasteiger partial charge in [0.2, 0.25) is 0 Å². The molecule has 1 aromatic rings. The van der Waals surface area contributed by atoms with Gasteiger partial charge in [-0.2, -0.15) is 13.2 Å². The van der Waals surface area contributed by atoms with E-state index in [1.807, 2.05) is 11.9 Å². The van der Waals surface area contributed by atoms with Crippen molar-refractivity contribution in [2.75, 3.05) is 33.9 Å². The highest BCUT2D eigenvalue weighted by Gasteiger charge is 2.30. The van der Waals surface area contributed by atoms with Gasteiger partial charge in [0.15, 0.2) is 0 Å². The summed E-state index contributed by atoms with van der Waals surface area (Å²) < 4.78 is 42.7. The van der Waals surface area contributed by atoms with E-state index >= 15 is 0 Å². The maximum Gasteiger partial charge on any atom is 0.416 e. The average molecular weight is 291 g/mol. The minimum atomic E-state index is -4.39. The summed E-state index contributed by atoms with van der Waals surface area (Å²) in [5, 5.41) is 10.00. The summed E-state index contributed by atoms with van der Waals surface area (Å²) in [6.45, 7) is 1.61. The van der Waals surface area contributed by atoms with Crippen molar-refractivity contribution in [1.29, 1.82) is 0 Å². The number of alkyl halides is 3. The third kappa shape index (κ3) is 5.48. The van der Waals surface area contributed by atoms with Crippen LogP contribution in [0.4, 0.5) is 13.2 Å². The van der Waals surface area contributed by atoms with Crippen LogP contribution in [0, 0.1) is 0 Å². The van der Waals surface area contributed by atoms with Gasteiger partial charge in [-0.15, -0.1) is 0 Å². The van der Waals surface area contributed by atoms with Gasteiger partial charge >= 0.3 is 6.18 Å². The summed E-state index contributed by atoms with van der Waals surface area (Å²) in [5.41, 5.74) is -0.463. The first-order valence-electron chi connectivity index (χ1n) is 6.37. The van der Waals surface area contributed by atoms with Crippen molar-refractivity contribution in [2.45, 2.75) is 18.7 Å². The predicted octanol–water partition coefficient (Wildman–Crippen LogP) is 2.71. The molecular weight excluding hydrogens is 271 g/mol. The molecule has 3 nitrogen and oxygen atoms in total. The lowest BCUT2D eigenvalue weighted by molar-refractivity contribution is -0.137. The van der Waals surface area contributed by atoms with Crippen molar-refractivity contribution in [2.24, 2.45) is 0 Å². The Morgan fingerprint density at radius 3 is 2.65 bits per heavy atom. The maximum atomic E-state index is 12.6. The number of hydrogen-bond acceptors (Lipinski definition) is 3. The lowest BCUT2D eigenvalue weighted by Gasteiger charge is -2.21. The van der Waals surface area contributed by atoms with E-state index in [9.17, 15) is 18.3 Å². The number of nitrogens with zero attached hydrogens (tertiary/aromatic N) is 1. The predicted molar refractivity (Wildman–Crippen MR) is 70.4 cm³/mol. The SMILES string of the molecule is COCCCN(C)C[C@H](O)c1cccc(C(F)(F)F)c1. The third-order valence-corrected chi connectivity index (χ3v) is 2.97. The van der Waals surface area contributed by atoms with Crippen LogP contribution in [0.2, 0.25) is 0 Å². The molecule has 6 heteroatoms. The molecule has 0 aliphatic rings. The van der Waals surface area contributed by atoms with Crippen LogP contribution in [0.5, 0.6) is 0 Å². The minimum absolute atomic E-state index is 0.276. The molecule has 1 aromatic carbocycles. The first-order valence-corrected chi connectivity index (χ1v) is 6.37. The topological polar surface area (TPSA) is 32.7 Å².